The van der Waals surface area contributed by atoms with Gasteiger partial charge in [0, 0.05) is 19.2 Å². The number of aliphatic hydroxyl groups excluding tert-OH is 1. The number of nitrogens with one attached hydrogen (secondary N) is 1. The van der Waals surface area contributed by atoms with Gasteiger partial charge >= 0.3 is 0 Å². The summed E-state index contributed by atoms with van der Waals surface area (Å²) in [5.74, 6) is -1.28. The maximum atomic E-state index is 13.0. The molecule has 2 aromatic rings. The fourth-order valence-corrected chi connectivity index (χ4v) is 3.78. The summed E-state index contributed by atoms with van der Waals surface area (Å²) in [5.41, 5.74) is 0.704. The number of nitrogens with zero attached hydrogens (tertiary/aromatic N) is 2. The molecule has 1 aliphatic heterocycles. The highest BCUT2D eigenvalue weighted by Gasteiger charge is 2.44. The Bertz CT molecular complexity index is 816. The summed E-state index contributed by atoms with van der Waals surface area (Å²) in [6.45, 7) is 1.34. The van der Waals surface area contributed by atoms with Gasteiger partial charge in [0.2, 0.25) is 5.78 Å². The smallest absolute Gasteiger partial charge is 0.290 e. The van der Waals surface area contributed by atoms with Gasteiger partial charge in [0.15, 0.2) is 5.76 Å². The van der Waals surface area contributed by atoms with Crippen molar-refractivity contribution in [2.45, 2.75) is 12.5 Å². The average molecular weight is 372 g/mol. The van der Waals surface area contributed by atoms with Crippen LogP contribution in [0, 0.1) is 0 Å². The first-order valence-electron chi connectivity index (χ1n) is 8.53. The minimum Gasteiger partial charge on any atom is -0.503 e. The summed E-state index contributed by atoms with van der Waals surface area (Å²) < 4.78 is 0. The van der Waals surface area contributed by atoms with Crippen LogP contribution in [0.4, 0.5) is 0 Å². The van der Waals surface area contributed by atoms with E-state index in [0.717, 1.165) is 13.0 Å². The molecule has 2 aromatic heterocycles. The van der Waals surface area contributed by atoms with E-state index in [1.54, 1.807) is 40.7 Å². The van der Waals surface area contributed by atoms with E-state index in [1.165, 1.54) is 16.2 Å². The molecule has 1 atom stereocenters. The predicted molar refractivity (Wildman–Crippen MR) is 99.3 cm³/mol. The standard InChI is InChI=1S/C19H21N3O3S/c1-21(2)10-6-11-22-16(13-7-3-4-9-20-13)15(18(24)19(22)25)17(23)14-8-5-12-26-14/h3-5,7-9,12,16,24H,6,10-11H2,1-2H3/p+1/t16-/m1/s1. The van der Waals surface area contributed by atoms with E-state index in [2.05, 4.69) is 4.98 Å². The highest BCUT2D eigenvalue weighted by Crippen LogP contribution is 2.38. The third-order valence-corrected chi connectivity index (χ3v) is 5.21. The van der Waals surface area contributed by atoms with Gasteiger partial charge in [0.05, 0.1) is 36.8 Å². The van der Waals surface area contributed by atoms with Crippen LogP contribution >= 0.6 is 11.3 Å². The van der Waals surface area contributed by atoms with Crippen LogP contribution in [0.3, 0.4) is 0 Å². The molecule has 0 saturated heterocycles. The van der Waals surface area contributed by atoms with Crippen molar-refractivity contribution in [2.75, 3.05) is 27.2 Å². The number of hydrogen-bond acceptors (Lipinski definition) is 5. The van der Waals surface area contributed by atoms with Gasteiger partial charge in [-0.15, -0.1) is 11.3 Å². The maximum Gasteiger partial charge on any atom is 0.290 e. The van der Waals surface area contributed by atoms with E-state index in [-0.39, 0.29) is 11.4 Å². The van der Waals surface area contributed by atoms with E-state index < -0.39 is 17.7 Å². The van der Waals surface area contributed by atoms with E-state index in [9.17, 15) is 14.7 Å². The predicted octanol–water partition coefficient (Wildman–Crippen LogP) is 1.26. The summed E-state index contributed by atoms with van der Waals surface area (Å²) >= 11 is 1.29. The third kappa shape index (κ3) is 3.54. The summed E-state index contributed by atoms with van der Waals surface area (Å²) in [6, 6.07) is 8.20. The Kier molecular flexibility index (Phi) is 5.49. The normalized spacial score (nSPS) is 17.4. The lowest BCUT2D eigenvalue weighted by Crippen LogP contribution is -3.05. The van der Waals surface area contributed by atoms with Crippen LogP contribution < -0.4 is 4.90 Å². The monoisotopic (exact) mass is 372 g/mol. The van der Waals surface area contributed by atoms with Crippen LogP contribution in [0.5, 0.6) is 0 Å². The lowest BCUT2D eigenvalue weighted by atomic mass is 9.99. The Morgan fingerprint density at radius 2 is 2.12 bits per heavy atom. The Morgan fingerprint density at radius 3 is 2.73 bits per heavy atom. The van der Waals surface area contributed by atoms with Crippen molar-refractivity contribution in [3.05, 3.63) is 63.8 Å². The number of carbonyl (C=O) groups excluding carboxylic acids is 2. The molecule has 3 rings (SSSR count). The molecule has 26 heavy (non-hydrogen) atoms. The van der Waals surface area contributed by atoms with Gasteiger partial charge in [-0.25, -0.2) is 0 Å². The highest BCUT2D eigenvalue weighted by molar-refractivity contribution is 7.12. The molecule has 7 heteroatoms. The van der Waals surface area contributed by atoms with Crippen LogP contribution in [0.15, 0.2) is 53.2 Å². The molecule has 1 aliphatic rings. The lowest BCUT2D eigenvalue weighted by Gasteiger charge is -2.26. The Morgan fingerprint density at radius 1 is 1.31 bits per heavy atom. The molecule has 0 aliphatic carbocycles. The summed E-state index contributed by atoms with van der Waals surface area (Å²) in [6.07, 6.45) is 2.40. The van der Waals surface area contributed by atoms with Gasteiger partial charge in [0.25, 0.3) is 5.91 Å². The fraction of sp³-hybridized carbons (Fsp3) is 0.316. The van der Waals surface area contributed by atoms with Crippen molar-refractivity contribution in [3.8, 4) is 0 Å². The first kappa shape index (κ1) is 18.3. The molecular weight excluding hydrogens is 350 g/mol. The van der Waals surface area contributed by atoms with Crippen LogP contribution in [-0.4, -0.2) is 53.9 Å². The summed E-state index contributed by atoms with van der Waals surface area (Å²) in [5, 5.41) is 12.3. The second-order valence-electron chi connectivity index (χ2n) is 6.54. The minimum absolute atomic E-state index is 0.119. The van der Waals surface area contributed by atoms with Crippen molar-refractivity contribution in [3.63, 3.8) is 0 Å². The van der Waals surface area contributed by atoms with Gasteiger partial charge < -0.3 is 14.9 Å². The van der Waals surface area contributed by atoms with Gasteiger partial charge in [0.1, 0.15) is 6.04 Å². The molecule has 2 N–H and O–H groups in total. The SMILES string of the molecule is C[NH+](C)CCCN1C(=O)C(O)=C(C(=O)c2cccs2)[C@H]1c1ccccn1. The number of amides is 1. The van der Waals surface area contributed by atoms with Crippen molar-refractivity contribution < 1.29 is 19.6 Å². The number of hydrogen-bond donors (Lipinski definition) is 2. The lowest BCUT2D eigenvalue weighted by molar-refractivity contribution is -0.858. The van der Waals surface area contributed by atoms with Crippen molar-refractivity contribution in [1.82, 2.24) is 9.88 Å². The molecule has 0 aromatic carbocycles. The zero-order chi connectivity index (χ0) is 18.7. The topological polar surface area (TPSA) is 74.9 Å². The second kappa shape index (κ2) is 7.80. The number of ketones is 1. The van der Waals surface area contributed by atoms with Gasteiger partial charge in [-0.1, -0.05) is 12.1 Å². The molecule has 0 spiro atoms. The second-order valence-corrected chi connectivity index (χ2v) is 7.48. The van der Waals surface area contributed by atoms with Crippen molar-refractivity contribution in [2.24, 2.45) is 0 Å². The number of thiophene rings is 1. The first-order chi connectivity index (χ1) is 12.5. The van der Waals surface area contributed by atoms with E-state index in [4.69, 9.17) is 0 Å². The molecule has 0 fully saturated rings. The Hall–Kier alpha value is -2.51. The third-order valence-electron chi connectivity index (χ3n) is 4.34. The number of carbonyl (C=O) groups is 2. The molecule has 0 bridgehead atoms. The van der Waals surface area contributed by atoms with E-state index in [1.807, 2.05) is 20.2 Å². The van der Waals surface area contributed by atoms with Gasteiger partial charge in [-0.2, -0.15) is 0 Å². The Balaban J connectivity index is 1.97. The van der Waals surface area contributed by atoms with E-state index >= 15 is 0 Å². The molecule has 1 amide bonds. The number of Topliss-reactive ketones (excluding diaryl/α,β-unsaturated/α-hetero) is 1. The zero-order valence-electron chi connectivity index (χ0n) is 14.8. The average Bonchev–Trinajstić information content (AvgIpc) is 3.24. The molecule has 0 radical (unpaired) electrons. The van der Waals surface area contributed by atoms with Gasteiger partial charge in [-0.05, 0) is 23.6 Å². The molecule has 0 unspecified atom stereocenters. The molecular formula is C19H22N3O3S+. The summed E-state index contributed by atoms with van der Waals surface area (Å²) in [4.78, 5) is 33.3. The number of quaternary nitrogens is 1. The summed E-state index contributed by atoms with van der Waals surface area (Å²) in [7, 11) is 4.09. The Labute approximate surface area is 156 Å². The van der Waals surface area contributed by atoms with Crippen molar-refractivity contribution in [1.29, 1.82) is 0 Å². The van der Waals surface area contributed by atoms with Gasteiger partial charge in [-0.3, -0.25) is 14.6 Å². The largest absolute Gasteiger partial charge is 0.503 e. The zero-order valence-corrected chi connectivity index (χ0v) is 15.6. The molecule has 136 valence electrons. The first-order valence-corrected chi connectivity index (χ1v) is 9.41. The highest BCUT2D eigenvalue weighted by atomic mass is 32.1. The molecule has 0 saturated carbocycles. The fourth-order valence-electron chi connectivity index (χ4n) is 3.10. The number of aliphatic hydroxyl groups is 1. The number of pyridine rings is 1. The molecule has 3 heterocycles. The van der Waals surface area contributed by atoms with Crippen LogP contribution in [0.25, 0.3) is 0 Å². The molecule has 6 nitrogen and oxygen atoms in total. The van der Waals surface area contributed by atoms with E-state index in [0.29, 0.717) is 17.1 Å². The van der Waals surface area contributed by atoms with Crippen LogP contribution in [0.1, 0.15) is 27.8 Å². The number of rotatable bonds is 7. The van der Waals surface area contributed by atoms with Crippen LogP contribution in [0.2, 0.25) is 0 Å². The number of aromatic nitrogens is 1. The quantitative estimate of drug-likeness (QED) is 0.718. The maximum absolute atomic E-state index is 13.0. The van der Waals surface area contributed by atoms with Crippen LogP contribution in [-0.2, 0) is 4.79 Å². The minimum atomic E-state index is -0.657. The van der Waals surface area contributed by atoms with Crippen molar-refractivity contribution >= 4 is 23.0 Å².